The van der Waals surface area contributed by atoms with E-state index in [4.69, 9.17) is 9.47 Å². The van der Waals surface area contributed by atoms with E-state index in [-0.39, 0.29) is 18.0 Å². The molecule has 130 valence electrons. The van der Waals surface area contributed by atoms with Crippen molar-refractivity contribution in [3.05, 3.63) is 29.6 Å². The predicted octanol–water partition coefficient (Wildman–Crippen LogP) is 3.35. The Hall–Kier alpha value is -1.82. The number of likely N-dealkylation sites (N-methyl/N-ethyl adjacent to an activating group) is 1. The molecule has 0 saturated carbocycles. The van der Waals surface area contributed by atoms with Gasteiger partial charge in [-0.25, -0.2) is 9.18 Å². The Morgan fingerprint density at radius 3 is 2.61 bits per heavy atom. The Morgan fingerprint density at radius 2 is 2.04 bits per heavy atom. The summed E-state index contributed by atoms with van der Waals surface area (Å²) < 4.78 is 24.5. The molecule has 0 saturated heterocycles. The second kappa shape index (κ2) is 8.15. The molecule has 0 aliphatic heterocycles. The van der Waals surface area contributed by atoms with Gasteiger partial charge in [0, 0.05) is 31.7 Å². The van der Waals surface area contributed by atoms with Crippen LogP contribution < -0.4 is 10.1 Å². The number of methoxy groups -OCH3 is 1. The molecule has 1 amide bonds. The molecule has 0 bridgehead atoms. The Morgan fingerprint density at radius 1 is 1.39 bits per heavy atom. The number of nitrogens with one attached hydrogen (secondary N) is 1. The van der Waals surface area contributed by atoms with Crippen LogP contribution in [0, 0.1) is 5.82 Å². The maximum Gasteiger partial charge on any atom is 0.410 e. The molecule has 0 spiro atoms. The summed E-state index contributed by atoms with van der Waals surface area (Å²) in [6.07, 6.45) is -0.379. The van der Waals surface area contributed by atoms with Crippen LogP contribution in [0.4, 0.5) is 9.18 Å². The summed E-state index contributed by atoms with van der Waals surface area (Å²) in [6.45, 7) is 8.29. The lowest BCUT2D eigenvalue weighted by molar-refractivity contribution is 0.0299. The first-order valence-electron chi connectivity index (χ1n) is 7.65. The summed E-state index contributed by atoms with van der Waals surface area (Å²) in [5.74, 6) is 0.190. The molecule has 0 aliphatic carbocycles. The SMILES string of the molecule is COc1cccc(F)c1C(C)NCCN(C)C(=O)OC(C)(C)C. The minimum Gasteiger partial charge on any atom is -0.496 e. The van der Waals surface area contributed by atoms with Gasteiger partial charge < -0.3 is 19.7 Å². The van der Waals surface area contributed by atoms with E-state index < -0.39 is 5.60 Å². The van der Waals surface area contributed by atoms with Gasteiger partial charge in [0.15, 0.2) is 0 Å². The first-order chi connectivity index (χ1) is 10.7. The van der Waals surface area contributed by atoms with Crippen LogP contribution in [0.1, 0.15) is 39.3 Å². The van der Waals surface area contributed by atoms with E-state index >= 15 is 0 Å². The van der Waals surface area contributed by atoms with Crippen molar-refractivity contribution in [2.24, 2.45) is 0 Å². The fourth-order valence-corrected chi connectivity index (χ4v) is 2.10. The normalized spacial score (nSPS) is 12.7. The maximum absolute atomic E-state index is 14.0. The molecule has 1 unspecified atom stereocenters. The van der Waals surface area contributed by atoms with Gasteiger partial charge in [0.25, 0.3) is 0 Å². The highest BCUT2D eigenvalue weighted by Crippen LogP contribution is 2.27. The van der Waals surface area contributed by atoms with Crippen LogP contribution in [0.15, 0.2) is 18.2 Å². The number of nitrogens with zero attached hydrogens (tertiary/aromatic N) is 1. The number of rotatable bonds is 6. The average Bonchev–Trinajstić information content (AvgIpc) is 2.44. The molecular formula is C17H27FN2O3. The first-order valence-corrected chi connectivity index (χ1v) is 7.65. The highest BCUT2D eigenvalue weighted by atomic mass is 19.1. The third-order valence-electron chi connectivity index (χ3n) is 3.27. The van der Waals surface area contributed by atoms with Crippen LogP contribution in [0.25, 0.3) is 0 Å². The summed E-state index contributed by atoms with van der Waals surface area (Å²) in [6, 6.07) is 4.51. The highest BCUT2D eigenvalue weighted by molar-refractivity contribution is 5.67. The van der Waals surface area contributed by atoms with Gasteiger partial charge >= 0.3 is 6.09 Å². The Bertz CT molecular complexity index is 529. The number of halogens is 1. The van der Waals surface area contributed by atoms with Crippen molar-refractivity contribution in [2.75, 3.05) is 27.2 Å². The molecule has 0 aromatic heterocycles. The van der Waals surface area contributed by atoms with Crippen molar-refractivity contribution < 1.29 is 18.7 Å². The van der Waals surface area contributed by atoms with Crippen LogP contribution >= 0.6 is 0 Å². The van der Waals surface area contributed by atoms with Gasteiger partial charge in [-0.05, 0) is 39.8 Å². The number of ether oxygens (including phenoxy) is 2. The van der Waals surface area contributed by atoms with Crippen LogP contribution in [0.5, 0.6) is 5.75 Å². The molecular weight excluding hydrogens is 299 g/mol. The molecule has 1 rings (SSSR count). The predicted molar refractivity (Wildman–Crippen MR) is 88.2 cm³/mol. The molecule has 0 aliphatic rings. The molecule has 23 heavy (non-hydrogen) atoms. The molecule has 0 fully saturated rings. The largest absolute Gasteiger partial charge is 0.496 e. The number of carbonyl (C=O) groups excluding carboxylic acids is 1. The highest BCUT2D eigenvalue weighted by Gasteiger charge is 2.20. The van der Waals surface area contributed by atoms with E-state index in [1.54, 1.807) is 19.2 Å². The first kappa shape index (κ1) is 19.2. The lowest BCUT2D eigenvalue weighted by Gasteiger charge is -2.25. The summed E-state index contributed by atoms with van der Waals surface area (Å²) in [5.41, 5.74) is -0.0398. The Balaban J connectivity index is 2.54. The van der Waals surface area contributed by atoms with E-state index in [1.165, 1.54) is 18.1 Å². The summed E-state index contributed by atoms with van der Waals surface area (Å²) >= 11 is 0. The molecule has 6 heteroatoms. The Labute approximate surface area is 137 Å². The lowest BCUT2D eigenvalue weighted by atomic mass is 10.1. The third kappa shape index (κ3) is 6.06. The van der Waals surface area contributed by atoms with Crippen molar-refractivity contribution >= 4 is 6.09 Å². The number of hydrogen-bond donors (Lipinski definition) is 1. The van der Waals surface area contributed by atoms with E-state index in [9.17, 15) is 9.18 Å². The van der Waals surface area contributed by atoms with Gasteiger partial charge in [-0.1, -0.05) is 6.07 Å². The van der Waals surface area contributed by atoms with E-state index in [2.05, 4.69) is 5.32 Å². The molecule has 1 aromatic carbocycles. The number of amides is 1. The topological polar surface area (TPSA) is 50.8 Å². The Kier molecular flexibility index (Phi) is 6.81. The minimum absolute atomic E-state index is 0.238. The fraction of sp³-hybridized carbons (Fsp3) is 0.588. The lowest BCUT2D eigenvalue weighted by Crippen LogP contribution is -2.38. The van der Waals surface area contributed by atoms with Gasteiger partial charge in [-0.2, -0.15) is 0 Å². The van der Waals surface area contributed by atoms with Crippen molar-refractivity contribution in [1.29, 1.82) is 0 Å². The molecule has 1 atom stereocenters. The standard InChI is InChI=1S/C17H27FN2O3/c1-12(15-13(18)8-7-9-14(15)22-6)19-10-11-20(5)16(21)23-17(2,3)4/h7-9,12,19H,10-11H2,1-6H3. The van der Waals surface area contributed by atoms with Gasteiger partial charge in [0.1, 0.15) is 17.2 Å². The van der Waals surface area contributed by atoms with Crippen molar-refractivity contribution in [3.63, 3.8) is 0 Å². The number of benzene rings is 1. The number of carbonyl (C=O) groups is 1. The quantitative estimate of drug-likeness (QED) is 0.871. The van der Waals surface area contributed by atoms with E-state index in [0.717, 1.165) is 0 Å². The van der Waals surface area contributed by atoms with Crippen LogP contribution in [0.2, 0.25) is 0 Å². The van der Waals surface area contributed by atoms with Crippen LogP contribution in [0.3, 0.4) is 0 Å². The molecule has 1 N–H and O–H groups in total. The number of hydrogen-bond acceptors (Lipinski definition) is 4. The monoisotopic (exact) mass is 326 g/mol. The smallest absolute Gasteiger partial charge is 0.410 e. The summed E-state index contributed by atoms with van der Waals surface area (Å²) in [7, 11) is 3.19. The van der Waals surface area contributed by atoms with Crippen molar-refractivity contribution in [2.45, 2.75) is 39.3 Å². The third-order valence-corrected chi connectivity index (χ3v) is 3.27. The zero-order valence-electron chi connectivity index (χ0n) is 14.8. The molecule has 1 aromatic rings. The molecule has 5 nitrogen and oxygen atoms in total. The summed E-state index contributed by atoms with van der Waals surface area (Å²) in [5, 5.41) is 3.19. The second-order valence-corrected chi connectivity index (χ2v) is 6.43. The van der Waals surface area contributed by atoms with Gasteiger partial charge in [0.05, 0.1) is 7.11 Å². The van der Waals surface area contributed by atoms with Crippen LogP contribution in [-0.2, 0) is 4.74 Å². The van der Waals surface area contributed by atoms with Gasteiger partial charge in [-0.15, -0.1) is 0 Å². The van der Waals surface area contributed by atoms with Crippen LogP contribution in [-0.4, -0.2) is 43.8 Å². The van der Waals surface area contributed by atoms with Gasteiger partial charge in [0.2, 0.25) is 0 Å². The van der Waals surface area contributed by atoms with E-state index in [0.29, 0.717) is 24.4 Å². The minimum atomic E-state index is -0.521. The molecule has 0 heterocycles. The zero-order chi connectivity index (χ0) is 17.6. The van der Waals surface area contributed by atoms with Gasteiger partial charge in [-0.3, -0.25) is 0 Å². The van der Waals surface area contributed by atoms with E-state index in [1.807, 2.05) is 27.7 Å². The fourth-order valence-electron chi connectivity index (χ4n) is 2.10. The second-order valence-electron chi connectivity index (χ2n) is 6.43. The molecule has 0 radical (unpaired) electrons. The van der Waals surface area contributed by atoms with Crippen molar-refractivity contribution in [1.82, 2.24) is 10.2 Å². The summed E-state index contributed by atoms with van der Waals surface area (Å²) in [4.78, 5) is 13.3. The average molecular weight is 326 g/mol. The zero-order valence-corrected chi connectivity index (χ0v) is 14.8. The van der Waals surface area contributed by atoms with Crippen molar-refractivity contribution in [3.8, 4) is 5.75 Å². The maximum atomic E-state index is 14.0.